The molecule has 2 aromatic carbocycles. The molecule has 0 aromatic heterocycles. The molecule has 0 spiro atoms. The molecular weight excluding hydrogens is 414 g/mol. The largest absolute Gasteiger partial charge is 0.493 e. The minimum Gasteiger partial charge on any atom is -0.493 e. The van der Waals surface area contributed by atoms with Gasteiger partial charge in [-0.25, -0.2) is 8.78 Å². The van der Waals surface area contributed by atoms with Crippen LogP contribution < -0.4 is 4.74 Å². The van der Waals surface area contributed by atoms with E-state index in [0.717, 1.165) is 43.8 Å². The summed E-state index contributed by atoms with van der Waals surface area (Å²) in [7, 11) is 0. The topological polar surface area (TPSA) is 49.9 Å². The van der Waals surface area contributed by atoms with E-state index in [1.807, 2.05) is 35.2 Å². The summed E-state index contributed by atoms with van der Waals surface area (Å²) in [5.41, 5.74) is 0.152. The number of ether oxygens (including phenoxy) is 1. The Bertz CT molecular complexity index is 961. The normalized spacial score (nSPS) is 21.6. The number of halogens is 2. The van der Waals surface area contributed by atoms with Gasteiger partial charge in [0.1, 0.15) is 5.75 Å². The van der Waals surface area contributed by atoms with Crippen LogP contribution in [0.15, 0.2) is 48.5 Å². The number of piperidine rings is 1. The molecule has 0 aliphatic carbocycles. The number of rotatable bonds is 5. The van der Waals surface area contributed by atoms with Crippen molar-refractivity contribution in [2.24, 2.45) is 17.8 Å². The zero-order valence-corrected chi connectivity index (χ0v) is 18.2. The Morgan fingerprint density at radius 3 is 2.34 bits per heavy atom. The molecule has 170 valence electrons. The summed E-state index contributed by atoms with van der Waals surface area (Å²) >= 11 is 0. The molecule has 2 aliphatic heterocycles. The molecular formula is C25H28F2N2O3. The first-order chi connectivity index (χ1) is 15.4. The van der Waals surface area contributed by atoms with Crippen molar-refractivity contribution in [3.63, 3.8) is 0 Å². The molecule has 5 nitrogen and oxygen atoms in total. The molecule has 0 N–H and O–H groups in total. The van der Waals surface area contributed by atoms with E-state index in [4.69, 9.17) is 4.74 Å². The number of nitrogens with zero attached hydrogens (tertiary/aromatic N) is 2. The highest BCUT2D eigenvalue weighted by atomic mass is 19.2. The van der Waals surface area contributed by atoms with Gasteiger partial charge in [0, 0.05) is 44.6 Å². The minimum absolute atomic E-state index is 0.0916. The minimum atomic E-state index is -1.02. The highest BCUT2D eigenvalue weighted by molar-refractivity contribution is 5.94. The van der Waals surface area contributed by atoms with Crippen molar-refractivity contribution in [2.75, 3.05) is 32.8 Å². The first-order valence-electron chi connectivity index (χ1n) is 11.1. The molecule has 32 heavy (non-hydrogen) atoms. The van der Waals surface area contributed by atoms with Gasteiger partial charge in [0.25, 0.3) is 5.91 Å². The smallest absolute Gasteiger partial charge is 0.253 e. The third-order valence-corrected chi connectivity index (χ3v) is 6.74. The highest BCUT2D eigenvalue weighted by Gasteiger charge is 2.41. The summed E-state index contributed by atoms with van der Waals surface area (Å²) in [4.78, 5) is 28.3. The van der Waals surface area contributed by atoms with E-state index in [1.54, 1.807) is 11.8 Å². The van der Waals surface area contributed by atoms with E-state index in [0.29, 0.717) is 25.6 Å². The van der Waals surface area contributed by atoms with Gasteiger partial charge in [0.2, 0.25) is 5.91 Å². The van der Waals surface area contributed by atoms with E-state index >= 15 is 0 Å². The van der Waals surface area contributed by atoms with Gasteiger partial charge in [-0.1, -0.05) is 18.2 Å². The Morgan fingerprint density at radius 1 is 0.969 bits per heavy atom. The second-order valence-corrected chi connectivity index (χ2v) is 8.73. The fourth-order valence-electron chi connectivity index (χ4n) is 4.95. The molecule has 0 bridgehead atoms. The second kappa shape index (κ2) is 9.67. The van der Waals surface area contributed by atoms with Crippen LogP contribution in [0, 0.1) is 29.4 Å². The number of carbonyl (C=O) groups excluding carboxylic acids is 2. The second-order valence-electron chi connectivity index (χ2n) is 8.73. The number of hydrogen-bond donors (Lipinski definition) is 0. The number of benzene rings is 2. The lowest BCUT2D eigenvalue weighted by Gasteiger charge is -2.36. The molecule has 2 aliphatic rings. The number of carbonyl (C=O) groups is 2. The van der Waals surface area contributed by atoms with E-state index in [1.165, 1.54) is 6.07 Å². The van der Waals surface area contributed by atoms with E-state index in [9.17, 15) is 18.4 Å². The van der Waals surface area contributed by atoms with Crippen LogP contribution in [0.4, 0.5) is 8.78 Å². The average Bonchev–Trinajstić information content (AvgIpc) is 3.24. The molecule has 7 heteroatoms. The Morgan fingerprint density at radius 2 is 1.69 bits per heavy atom. The zero-order chi connectivity index (χ0) is 22.7. The Hall–Kier alpha value is -2.96. The lowest BCUT2D eigenvalue weighted by molar-refractivity contribution is -0.130. The maximum Gasteiger partial charge on any atom is 0.253 e. The van der Waals surface area contributed by atoms with Crippen molar-refractivity contribution < 1.29 is 23.1 Å². The van der Waals surface area contributed by atoms with Crippen molar-refractivity contribution in [1.29, 1.82) is 0 Å². The molecule has 2 saturated heterocycles. The van der Waals surface area contributed by atoms with Crippen LogP contribution in [0.3, 0.4) is 0 Å². The maximum atomic E-state index is 13.7. The zero-order valence-electron chi connectivity index (χ0n) is 18.2. The molecule has 0 unspecified atom stereocenters. The Balaban J connectivity index is 1.48. The average molecular weight is 443 g/mol. The van der Waals surface area contributed by atoms with Crippen LogP contribution in [0.2, 0.25) is 0 Å². The third kappa shape index (κ3) is 4.92. The summed E-state index contributed by atoms with van der Waals surface area (Å²) in [6.45, 7) is 4.56. The molecule has 0 radical (unpaired) electrons. The van der Waals surface area contributed by atoms with Crippen molar-refractivity contribution >= 4 is 11.8 Å². The van der Waals surface area contributed by atoms with Crippen molar-refractivity contribution in [3.05, 3.63) is 65.7 Å². The van der Waals surface area contributed by atoms with Gasteiger partial charge in [-0.05, 0) is 55.0 Å². The van der Waals surface area contributed by atoms with Gasteiger partial charge in [0.05, 0.1) is 6.61 Å². The van der Waals surface area contributed by atoms with Gasteiger partial charge < -0.3 is 14.5 Å². The molecule has 2 aromatic rings. The van der Waals surface area contributed by atoms with Crippen LogP contribution in [0.5, 0.6) is 5.75 Å². The summed E-state index contributed by atoms with van der Waals surface area (Å²) in [5, 5.41) is 0. The van der Waals surface area contributed by atoms with Gasteiger partial charge in [-0.3, -0.25) is 9.59 Å². The number of likely N-dealkylation sites (tertiary alicyclic amines) is 2. The van der Waals surface area contributed by atoms with Crippen LogP contribution in [0.1, 0.15) is 30.1 Å². The maximum absolute atomic E-state index is 13.7. The quantitative estimate of drug-likeness (QED) is 0.704. The van der Waals surface area contributed by atoms with Crippen LogP contribution >= 0.6 is 0 Å². The number of amides is 2. The SMILES string of the molecule is CC(=O)N1CCC([C@@H]2CN(C(=O)c3ccc(F)c(F)c3)C[C@H]2COc2ccccc2)CC1. The van der Waals surface area contributed by atoms with Crippen LogP contribution in [-0.4, -0.2) is 54.4 Å². The van der Waals surface area contributed by atoms with Gasteiger partial charge in [-0.15, -0.1) is 0 Å². The third-order valence-electron chi connectivity index (χ3n) is 6.74. The van der Waals surface area contributed by atoms with Gasteiger partial charge in [0.15, 0.2) is 11.6 Å². The van der Waals surface area contributed by atoms with Gasteiger partial charge in [-0.2, -0.15) is 0 Å². The summed E-state index contributed by atoms with van der Waals surface area (Å²) < 4.78 is 33.0. The fraction of sp³-hybridized carbons (Fsp3) is 0.440. The molecule has 2 heterocycles. The highest BCUT2D eigenvalue weighted by Crippen LogP contribution is 2.37. The van der Waals surface area contributed by atoms with E-state index in [-0.39, 0.29) is 29.2 Å². The molecule has 2 fully saturated rings. The predicted molar refractivity (Wildman–Crippen MR) is 116 cm³/mol. The number of hydrogen-bond acceptors (Lipinski definition) is 3. The Labute approximate surface area is 187 Å². The summed E-state index contributed by atoms with van der Waals surface area (Å²) in [6.07, 6.45) is 1.78. The summed E-state index contributed by atoms with van der Waals surface area (Å²) in [6, 6.07) is 12.8. The molecule has 4 rings (SSSR count). The van der Waals surface area contributed by atoms with Crippen LogP contribution in [0.25, 0.3) is 0 Å². The van der Waals surface area contributed by atoms with Gasteiger partial charge >= 0.3 is 0 Å². The molecule has 2 amide bonds. The Kier molecular flexibility index (Phi) is 6.72. The van der Waals surface area contributed by atoms with E-state index in [2.05, 4.69) is 0 Å². The van der Waals surface area contributed by atoms with Crippen molar-refractivity contribution in [1.82, 2.24) is 9.80 Å². The lowest BCUT2D eigenvalue weighted by Crippen LogP contribution is -2.40. The van der Waals surface area contributed by atoms with Crippen molar-refractivity contribution in [3.8, 4) is 5.75 Å². The first kappa shape index (κ1) is 22.2. The molecule has 0 saturated carbocycles. The van der Waals surface area contributed by atoms with Crippen molar-refractivity contribution in [2.45, 2.75) is 19.8 Å². The number of para-hydroxylation sites is 1. The monoisotopic (exact) mass is 442 g/mol. The fourth-order valence-corrected chi connectivity index (χ4v) is 4.95. The standard InChI is InChI=1S/C25H28F2N2O3/c1-17(30)28-11-9-18(10-12-28)22-15-29(25(31)19-7-8-23(26)24(27)13-19)14-20(22)16-32-21-5-3-2-4-6-21/h2-8,13,18,20,22H,9-12,14-16H2,1H3/t20-,22-/m0/s1. The lowest BCUT2D eigenvalue weighted by atomic mass is 9.78. The molecule has 2 atom stereocenters. The van der Waals surface area contributed by atoms with E-state index < -0.39 is 11.6 Å². The first-order valence-corrected chi connectivity index (χ1v) is 11.1. The summed E-state index contributed by atoms with van der Waals surface area (Å²) in [5.74, 6) is -0.688. The van der Waals surface area contributed by atoms with Crippen LogP contribution in [-0.2, 0) is 4.79 Å². The predicted octanol–water partition coefficient (Wildman–Crippen LogP) is 3.99.